The second-order valence-corrected chi connectivity index (χ2v) is 7.46. The standard InChI is InChI=1S/C15H15Cl2NO3S/c1-8-4-6-11(7-5-8)22(20,21)18-14-9(2)12(16)15(19)13(17)10(14)3/h4-7,18-19H,1-3H3. The van der Waals surface area contributed by atoms with Crippen LogP contribution in [0.25, 0.3) is 0 Å². The second-order valence-electron chi connectivity index (χ2n) is 5.02. The largest absolute Gasteiger partial charge is 0.505 e. The van der Waals surface area contributed by atoms with Crippen LogP contribution in [-0.4, -0.2) is 13.5 Å². The zero-order valence-corrected chi connectivity index (χ0v) is 14.6. The molecule has 0 atom stereocenters. The third-order valence-electron chi connectivity index (χ3n) is 3.39. The van der Waals surface area contributed by atoms with Gasteiger partial charge in [0.1, 0.15) is 0 Å². The minimum absolute atomic E-state index is 0.0252. The zero-order chi connectivity index (χ0) is 16.7. The summed E-state index contributed by atoms with van der Waals surface area (Å²) in [5, 5.41) is 9.85. The van der Waals surface area contributed by atoms with Crippen LogP contribution in [0.5, 0.6) is 5.75 Å². The summed E-state index contributed by atoms with van der Waals surface area (Å²) in [7, 11) is -3.77. The van der Waals surface area contributed by atoms with E-state index in [1.807, 2.05) is 6.92 Å². The van der Waals surface area contributed by atoms with Crippen molar-refractivity contribution < 1.29 is 13.5 Å². The number of hydrogen-bond donors (Lipinski definition) is 2. The van der Waals surface area contributed by atoms with Gasteiger partial charge >= 0.3 is 0 Å². The summed E-state index contributed by atoms with van der Waals surface area (Å²) in [6, 6.07) is 6.47. The van der Waals surface area contributed by atoms with E-state index in [-0.39, 0.29) is 26.4 Å². The van der Waals surface area contributed by atoms with Gasteiger partial charge in [-0.2, -0.15) is 0 Å². The summed E-state index contributed by atoms with van der Waals surface area (Å²) in [5.41, 5.74) is 2.06. The van der Waals surface area contributed by atoms with Crippen LogP contribution >= 0.6 is 23.2 Å². The summed E-state index contributed by atoms with van der Waals surface area (Å²) in [5.74, 6) is -0.253. The SMILES string of the molecule is Cc1ccc(S(=O)(=O)Nc2c(C)c(Cl)c(O)c(Cl)c2C)cc1. The van der Waals surface area contributed by atoms with Gasteiger partial charge in [0.2, 0.25) is 0 Å². The number of benzene rings is 2. The summed E-state index contributed by atoms with van der Waals surface area (Å²) in [6.45, 7) is 5.09. The Morgan fingerprint density at radius 2 is 1.41 bits per heavy atom. The first-order chi connectivity index (χ1) is 10.1. The molecule has 2 aromatic carbocycles. The van der Waals surface area contributed by atoms with Gasteiger partial charge in [-0.3, -0.25) is 4.72 Å². The molecule has 0 heterocycles. The van der Waals surface area contributed by atoms with Crippen LogP contribution in [0.3, 0.4) is 0 Å². The van der Waals surface area contributed by atoms with Crippen LogP contribution in [-0.2, 0) is 10.0 Å². The quantitative estimate of drug-likeness (QED) is 0.796. The molecule has 0 aliphatic carbocycles. The predicted molar refractivity (Wildman–Crippen MR) is 89.6 cm³/mol. The Labute approximate surface area is 139 Å². The fraction of sp³-hybridized carbons (Fsp3) is 0.200. The minimum Gasteiger partial charge on any atom is -0.505 e. The monoisotopic (exact) mass is 359 g/mol. The third kappa shape index (κ3) is 3.02. The molecule has 4 nitrogen and oxygen atoms in total. The Bertz CT molecular complexity index is 802. The van der Waals surface area contributed by atoms with Crippen molar-refractivity contribution in [2.75, 3.05) is 4.72 Å². The maximum Gasteiger partial charge on any atom is 0.261 e. The van der Waals surface area contributed by atoms with Gasteiger partial charge in [-0.05, 0) is 44.0 Å². The van der Waals surface area contributed by atoms with E-state index in [0.29, 0.717) is 11.1 Å². The number of phenols is 1. The van der Waals surface area contributed by atoms with E-state index in [2.05, 4.69) is 4.72 Å². The molecule has 0 aromatic heterocycles. The van der Waals surface area contributed by atoms with Gasteiger partial charge in [0.05, 0.1) is 20.6 Å². The van der Waals surface area contributed by atoms with E-state index in [9.17, 15) is 13.5 Å². The number of rotatable bonds is 3. The number of phenolic OH excluding ortho intramolecular Hbond substituents is 1. The van der Waals surface area contributed by atoms with Crippen molar-refractivity contribution in [3.63, 3.8) is 0 Å². The van der Waals surface area contributed by atoms with Crippen molar-refractivity contribution in [3.8, 4) is 5.75 Å². The lowest BCUT2D eigenvalue weighted by atomic mass is 10.1. The average Bonchev–Trinajstić information content (AvgIpc) is 2.48. The number of aryl methyl sites for hydroxylation is 1. The van der Waals surface area contributed by atoms with Crippen LogP contribution in [0, 0.1) is 20.8 Å². The first-order valence-electron chi connectivity index (χ1n) is 6.41. The van der Waals surface area contributed by atoms with E-state index < -0.39 is 10.0 Å². The van der Waals surface area contributed by atoms with E-state index in [4.69, 9.17) is 23.2 Å². The first-order valence-corrected chi connectivity index (χ1v) is 8.65. The summed E-state index contributed by atoms with van der Waals surface area (Å²) in [4.78, 5) is 0.136. The van der Waals surface area contributed by atoms with Crippen molar-refractivity contribution in [2.24, 2.45) is 0 Å². The molecule has 0 saturated heterocycles. The molecule has 2 rings (SSSR count). The van der Waals surface area contributed by atoms with E-state index in [1.165, 1.54) is 12.1 Å². The molecule has 0 fully saturated rings. The average molecular weight is 360 g/mol. The number of halogens is 2. The number of aromatic hydroxyl groups is 1. The maximum absolute atomic E-state index is 12.5. The lowest BCUT2D eigenvalue weighted by molar-refractivity contribution is 0.475. The summed E-state index contributed by atoms with van der Waals surface area (Å²) in [6.07, 6.45) is 0. The highest BCUT2D eigenvalue weighted by atomic mass is 35.5. The van der Waals surface area contributed by atoms with Crippen molar-refractivity contribution in [1.82, 2.24) is 0 Å². The molecule has 2 N–H and O–H groups in total. The molecule has 0 unspecified atom stereocenters. The van der Waals surface area contributed by atoms with Gasteiger partial charge in [0.15, 0.2) is 5.75 Å². The molecule has 0 radical (unpaired) electrons. The summed E-state index contributed by atoms with van der Waals surface area (Å²) >= 11 is 12.0. The molecular formula is C15H15Cl2NO3S. The molecular weight excluding hydrogens is 345 g/mol. The minimum atomic E-state index is -3.77. The third-order valence-corrected chi connectivity index (χ3v) is 5.68. The Hall–Kier alpha value is -1.43. The Kier molecular flexibility index (Phi) is 4.61. The van der Waals surface area contributed by atoms with E-state index in [1.54, 1.807) is 26.0 Å². The van der Waals surface area contributed by atoms with E-state index in [0.717, 1.165) is 5.56 Å². The summed E-state index contributed by atoms with van der Waals surface area (Å²) < 4.78 is 27.4. The highest BCUT2D eigenvalue weighted by Crippen LogP contribution is 2.42. The van der Waals surface area contributed by atoms with Crippen LogP contribution in [0.15, 0.2) is 29.2 Å². The number of hydrogen-bond acceptors (Lipinski definition) is 3. The Morgan fingerprint density at radius 3 is 1.86 bits per heavy atom. The molecule has 22 heavy (non-hydrogen) atoms. The first kappa shape index (κ1) is 16.9. The molecule has 0 bridgehead atoms. The normalized spacial score (nSPS) is 11.5. The lowest BCUT2D eigenvalue weighted by Crippen LogP contribution is -2.15. The van der Waals surface area contributed by atoms with Gasteiger partial charge in [-0.1, -0.05) is 40.9 Å². The highest BCUT2D eigenvalue weighted by molar-refractivity contribution is 7.92. The molecule has 0 aliphatic heterocycles. The fourth-order valence-corrected chi connectivity index (χ4v) is 3.63. The zero-order valence-electron chi connectivity index (χ0n) is 12.2. The second kappa shape index (κ2) is 5.99. The van der Waals surface area contributed by atoms with Gasteiger partial charge in [0.25, 0.3) is 10.0 Å². The van der Waals surface area contributed by atoms with Gasteiger partial charge in [-0.25, -0.2) is 8.42 Å². The van der Waals surface area contributed by atoms with Crippen molar-refractivity contribution in [1.29, 1.82) is 0 Å². The van der Waals surface area contributed by atoms with Crippen LogP contribution in [0.1, 0.15) is 16.7 Å². The molecule has 0 amide bonds. The van der Waals surface area contributed by atoms with Crippen LogP contribution < -0.4 is 4.72 Å². The Balaban J connectivity index is 2.53. The predicted octanol–water partition coefficient (Wildman–Crippen LogP) is 4.43. The number of nitrogens with one attached hydrogen (secondary N) is 1. The van der Waals surface area contributed by atoms with Crippen LogP contribution in [0.2, 0.25) is 10.0 Å². The van der Waals surface area contributed by atoms with Crippen molar-refractivity contribution in [3.05, 3.63) is 51.0 Å². The smallest absolute Gasteiger partial charge is 0.261 e. The molecule has 7 heteroatoms. The number of sulfonamides is 1. The molecule has 0 spiro atoms. The van der Waals surface area contributed by atoms with Crippen LogP contribution in [0.4, 0.5) is 5.69 Å². The van der Waals surface area contributed by atoms with Gasteiger partial charge < -0.3 is 5.11 Å². The molecule has 118 valence electrons. The Morgan fingerprint density at radius 1 is 0.955 bits per heavy atom. The maximum atomic E-state index is 12.5. The van der Waals surface area contributed by atoms with Gasteiger partial charge in [0, 0.05) is 0 Å². The lowest BCUT2D eigenvalue weighted by Gasteiger charge is -2.17. The topological polar surface area (TPSA) is 66.4 Å². The van der Waals surface area contributed by atoms with E-state index >= 15 is 0 Å². The fourth-order valence-electron chi connectivity index (χ4n) is 2.02. The van der Waals surface area contributed by atoms with Crippen molar-refractivity contribution in [2.45, 2.75) is 25.7 Å². The number of anilines is 1. The molecule has 2 aromatic rings. The van der Waals surface area contributed by atoms with Gasteiger partial charge in [-0.15, -0.1) is 0 Å². The molecule has 0 aliphatic rings. The van der Waals surface area contributed by atoms with Crippen molar-refractivity contribution >= 4 is 38.9 Å². The molecule has 0 saturated carbocycles. The highest BCUT2D eigenvalue weighted by Gasteiger charge is 2.22.